The van der Waals surface area contributed by atoms with Crippen molar-refractivity contribution in [2.45, 2.75) is 77.2 Å². The molecule has 0 aromatic carbocycles. The maximum atomic E-state index is 11.7. The van der Waals surface area contributed by atoms with Crippen LogP contribution in [0.15, 0.2) is 0 Å². The van der Waals surface area contributed by atoms with Gasteiger partial charge < -0.3 is 25.2 Å². The number of carboxylic acids is 1. The molecule has 1 saturated carbocycles. The van der Waals surface area contributed by atoms with Gasteiger partial charge in [0.1, 0.15) is 11.6 Å². The van der Waals surface area contributed by atoms with E-state index < -0.39 is 17.6 Å². The van der Waals surface area contributed by atoms with Gasteiger partial charge in [-0.3, -0.25) is 4.79 Å². The first-order valence-corrected chi connectivity index (χ1v) is 8.24. The zero-order valence-electron chi connectivity index (χ0n) is 14.6. The number of rotatable bonds is 7. The van der Waals surface area contributed by atoms with Gasteiger partial charge >= 0.3 is 12.1 Å². The maximum Gasteiger partial charge on any atom is 0.407 e. The normalized spacial score (nSPS) is 23.1. The van der Waals surface area contributed by atoms with Crippen LogP contribution in [0.25, 0.3) is 0 Å². The number of ether oxygens (including phenoxy) is 2. The summed E-state index contributed by atoms with van der Waals surface area (Å²) in [5, 5.41) is 14.5. The van der Waals surface area contributed by atoms with Crippen LogP contribution in [0.4, 0.5) is 4.79 Å². The first-order chi connectivity index (χ1) is 10.7. The Balaban J connectivity index is 2.13. The zero-order valence-corrected chi connectivity index (χ0v) is 14.6. The molecule has 1 aliphatic rings. The van der Waals surface area contributed by atoms with Gasteiger partial charge in [0.25, 0.3) is 0 Å². The summed E-state index contributed by atoms with van der Waals surface area (Å²) in [5.74, 6) is -0.862. The number of nitrogens with one attached hydrogen (secondary N) is 2. The van der Waals surface area contributed by atoms with Gasteiger partial charge in [-0.1, -0.05) is 0 Å². The fourth-order valence-corrected chi connectivity index (χ4v) is 2.44. The Bertz CT molecular complexity index is 386. The molecule has 0 heterocycles. The molecule has 7 heteroatoms. The highest BCUT2D eigenvalue weighted by molar-refractivity contribution is 5.72. The first-order valence-electron chi connectivity index (χ1n) is 8.24. The summed E-state index contributed by atoms with van der Waals surface area (Å²) in [6.07, 6.45) is 3.30. The van der Waals surface area contributed by atoms with Crippen LogP contribution in [0, 0.1) is 0 Å². The number of aliphatic carboxylic acids is 1. The highest BCUT2D eigenvalue weighted by Crippen LogP contribution is 2.21. The average Bonchev–Trinajstić information content (AvgIpc) is 2.42. The van der Waals surface area contributed by atoms with Crippen LogP contribution in [0.2, 0.25) is 0 Å². The lowest BCUT2D eigenvalue weighted by molar-refractivity contribution is -0.139. The van der Waals surface area contributed by atoms with E-state index in [0.29, 0.717) is 13.2 Å². The number of carboxylic acid groups (broad SMARTS) is 1. The van der Waals surface area contributed by atoms with Crippen LogP contribution in [0.5, 0.6) is 0 Å². The highest BCUT2D eigenvalue weighted by atomic mass is 16.6. The Morgan fingerprint density at radius 1 is 1.22 bits per heavy atom. The Hall–Kier alpha value is -1.34. The summed E-state index contributed by atoms with van der Waals surface area (Å²) in [6, 6.07) is -0.428. The van der Waals surface area contributed by atoms with E-state index in [-0.39, 0.29) is 18.2 Å². The van der Waals surface area contributed by atoms with E-state index in [1.807, 2.05) is 20.8 Å². The van der Waals surface area contributed by atoms with E-state index in [0.717, 1.165) is 25.7 Å². The molecule has 0 bridgehead atoms. The van der Waals surface area contributed by atoms with Crippen molar-refractivity contribution >= 4 is 12.1 Å². The molecule has 1 unspecified atom stereocenters. The number of carbonyl (C=O) groups excluding carboxylic acids is 1. The molecule has 134 valence electrons. The lowest BCUT2D eigenvalue weighted by atomic mass is 9.93. The van der Waals surface area contributed by atoms with Gasteiger partial charge in [-0.05, 0) is 53.4 Å². The summed E-state index contributed by atoms with van der Waals surface area (Å²) in [5.41, 5.74) is -0.482. The second kappa shape index (κ2) is 9.08. The minimum atomic E-state index is -0.862. The van der Waals surface area contributed by atoms with Crippen LogP contribution >= 0.6 is 0 Å². The molecule has 1 rings (SSSR count). The molecule has 0 radical (unpaired) electrons. The molecular formula is C16H30N2O5. The van der Waals surface area contributed by atoms with Crippen molar-refractivity contribution in [3.8, 4) is 0 Å². The SMILES string of the molecule is CC(NCCOC1CCC(NC(=O)OC(C)(C)C)CC1)C(=O)O. The molecule has 3 N–H and O–H groups in total. The van der Waals surface area contributed by atoms with Crippen molar-refractivity contribution in [3.63, 3.8) is 0 Å². The standard InChI is InChI=1S/C16H30N2O5/c1-11(14(19)20)17-9-10-22-13-7-5-12(6-8-13)18-15(21)23-16(2,3)4/h11-13,17H,5-10H2,1-4H3,(H,18,21)(H,19,20). The quantitative estimate of drug-likeness (QED) is 0.617. The van der Waals surface area contributed by atoms with Crippen molar-refractivity contribution < 1.29 is 24.2 Å². The van der Waals surface area contributed by atoms with E-state index in [1.54, 1.807) is 6.92 Å². The summed E-state index contributed by atoms with van der Waals surface area (Å²) >= 11 is 0. The number of amides is 1. The van der Waals surface area contributed by atoms with E-state index >= 15 is 0 Å². The second-order valence-corrected chi connectivity index (χ2v) is 7.00. The van der Waals surface area contributed by atoms with Crippen LogP contribution in [-0.4, -0.2) is 54.1 Å². The highest BCUT2D eigenvalue weighted by Gasteiger charge is 2.25. The van der Waals surface area contributed by atoms with Crippen molar-refractivity contribution in [1.82, 2.24) is 10.6 Å². The molecule has 0 aliphatic heterocycles. The van der Waals surface area contributed by atoms with E-state index in [9.17, 15) is 9.59 Å². The third-order valence-electron chi connectivity index (χ3n) is 3.67. The Morgan fingerprint density at radius 2 is 1.83 bits per heavy atom. The zero-order chi connectivity index (χ0) is 17.5. The lowest BCUT2D eigenvalue weighted by Gasteiger charge is -2.30. The van der Waals surface area contributed by atoms with Crippen molar-refractivity contribution in [1.29, 1.82) is 0 Å². The van der Waals surface area contributed by atoms with E-state index in [2.05, 4.69) is 10.6 Å². The fraction of sp³-hybridized carbons (Fsp3) is 0.875. The lowest BCUT2D eigenvalue weighted by Crippen LogP contribution is -2.42. The van der Waals surface area contributed by atoms with Gasteiger partial charge in [-0.25, -0.2) is 4.79 Å². The van der Waals surface area contributed by atoms with Crippen LogP contribution in [0.1, 0.15) is 53.4 Å². The minimum absolute atomic E-state index is 0.134. The number of alkyl carbamates (subject to hydrolysis) is 1. The molecule has 7 nitrogen and oxygen atoms in total. The number of hydrogen-bond acceptors (Lipinski definition) is 5. The van der Waals surface area contributed by atoms with Crippen LogP contribution < -0.4 is 10.6 Å². The maximum absolute atomic E-state index is 11.7. The summed E-state index contributed by atoms with van der Waals surface area (Å²) in [4.78, 5) is 22.4. The summed E-state index contributed by atoms with van der Waals surface area (Å²) in [7, 11) is 0. The van der Waals surface area contributed by atoms with Crippen molar-refractivity contribution in [2.24, 2.45) is 0 Å². The molecule has 23 heavy (non-hydrogen) atoms. The Morgan fingerprint density at radius 3 is 2.35 bits per heavy atom. The van der Waals surface area contributed by atoms with Gasteiger partial charge in [0.15, 0.2) is 0 Å². The molecule has 1 amide bonds. The molecular weight excluding hydrogens is 300 g/mol. The van der Waals surface area contributed by atoms with E-state index in [1.165, 1.54) is 0 Å². The second-order valence-electron chi connectivity index (χ2n) is 7.00. The predicted octanol–water partition coefficient (Wildman–Crippen LogP) is 1.90. The van der Waals surface area contributed by atoms with E-state index in [4.69, 9.17) is 14.6 Å². The summed E-state index contributed by atoms with van der Waals surface area (Å²) in [6.45, 7) is 8.15. The van der Waals surface area contributed by atoms with Gasteiger partial charge in [-0.2, -0.15) is 0 Å². The van der Waals surface area contributed by atoms with Crippen LogP contribution in [0.3, 0.4) is 0 Å². The smallest absolute Gasteiger partial charge is 0.407 e. The predicted molar refractivity (Wildman–Crippen MR) is 86.5 cm³/mol. The number of carbonyl (C=O) groups is 2. The van der Waals surface area contributed by atoms with Gasteiger partial charge in [0, 0.05) is 12.6 Å². The molecule has 1 fully saturated rings. The molecule has 0 spiro atoms. The Kier molecular flexibility index (Phi) is 7.78. The third-order valence-corrected chi connectivity index (χ3v) is 3.67. The Labute approximate surface area is 138 Å². The first kappa shape index (κ1) is 19.7. The average molecular weight is 330 g/mol. The van der Waals surface area contributed by atoms with Gasteiger partial charge in [-0.15, -0.1) is 0 Å². The van der Waals surface area contributed by atoms with Crippen LogP contribution in [-0.2, 0) is 14.3 Å². The largest absolute Gasteiger partial charge is 0.480 e. The molecule has 0 saturated heterocycles. The minimum Gasteiger partial charge on any atom is -0.480 e. The van der Waals surface area contributed by atoms with Gasteiger partial charge in [0.2, 0.25) is 0 Å². The summed E-state index contributed by atoms with van der Waals surface area (Å²) < 4.78 is 11.0. The van der Waals surface area contributed by atoms with Gasteiger partial charge in [0.05, 0.1) is 12.7 Å². The molecule has 0 aromatic rings. The number of hydrogen-bond donors (Lipinski definition) is 3. The van der Waals surface area contributed by atoms with Crippen molar-refractivity contribution in [2.75, 3.05) is 13.2 Å². The molecule has 0 aromatic heterocycles. The topological polar surface area (TPSA) is 96.9 Å². The molecule has 1 aliphatic carbocycles. The molecule has 1 atom stereocenters. The fourth-order valence-electron chi connectivity index (χ4n) is 2.44. The third kappa shape index (κ3) is 8.76. The monoisotopic (exact) mass is 330 g/mol. The van der Waals surface area contributed by atoms with Crippen molar-refractivity contribution in [3.05, 3.63) is 0 Å².